The average molecular weight is 201 g/mol. The summed E-state index contributed by atoms with van der Waals surface area (Å²) in [7, 11) is 0. The molecule has 74 valence electrons. The maximum atomic E-state index is 10.5. The molecule has 3 N–H and O–H groups in total. The number of fused-ring (bicyclic) bond motifs is 1. The van der Waals surface area contributed by atoms with E-state index in [1.807, 2.05) is 0 Å². The number of aromatic amines is 1. The molecular weight excluding hydrogens is 194 g/mol. The van der Waals surface area contributed by atoms with Gasteiger partial charge < -0.3 is 10.7 Å². The number of hydrogen-bond acceptors (Lipinski definition) is 4. The van der Waals surface area contributed by atoms with Crippen LogP contribution in [-0.4, -0.2) is 25.8 Å². The van der Waals surface area contributed by atoms with Crippen molar-refractivity contribution in [2.75, 3.05) is 0 Å². The summed E-state index contributed by atoms with van der Waals surface area (Å²) in [6.07, 6.45) is 2.90. The van der Waals surface area contributed by atoms with Gasteiger partial charge in [0, 0.05) is 0 Å². The minimum absolute atomic E-state index is 0.0135. The molecule has 2 aromatic rings. The van der Waals surface area contributed by atoms with Crippen molar-refractivity contribution in [3.8, 4) is 11.8 Å². The van der Waals surface area contributed by atoms with Gasteiger partial charge in [-0.1, -0.05) is 5.92 Å². The molecular formula is C9H7N5O. The predicted molar refractivity (Wildman–Crippen MR) is 52.4 cm³/mol. The summed E-state index contributed by atoms with van der Waals surface area (Å²) in [4.78, 5) is 25.2. The van der Waals surface area contributed by atoms with Crippen molar-refractivity contribution in [2.24, 2.45) is 5.73 Å². The van der Waals surface area contributed by atoms with Crippen molar-refractivity contribution in [3.63, 3.8) is 0 Å². The van der Waals surface area contributed by atoms with Crippen LogP contribution in [0, 0.1) is 11.8 Å². The van der Waals surface area contributed by atoms with E-state index in [9.17, 15) is 4.79 Å². The van der Waals surface area contributed by atoms with Crippen LogP contribution in [0.5, 0.6) is 0 Å². The molecule has 15 heavy (non-hydrogen) atoms. The van der Waals surface area contributed by atoms with Crippen molar-refractivity contribution >= 4 is 17.1 Å². The van der Waals surface area contributed by atoms with Crippen LogP contribution in [0.25, 0.3) is 11.2 Å². The highest BCUT2D eigenvalue weighted by molar-refractivity contribution is 5.78. The van der Waals surface area contributed by atoms with Crippen LogP contribution in [0.3, 0.4) is 0 Å². The number of imidazole rings is 1. The summed E-state index contributed by atoms with van der Waals surface area (Å²) >= 11 is 0. The van der Waals surface area contributed by atoms with E-state index < -0.39 is 5.91 Å². The molecule has 2 heterocycles. The molecule has 0 aliphatic carbocycles. The second-order valence-corrected chi connectivity index (χ2v) is 2.77. The van der Waals surface area contributed by atoms with E-state index in [2.05, 4.69) is 31.8 Å². The van der Waals surface area contributed by atoms with Crippen LogP contribution in [-0.2, 0) is 4.79 Å². The Morgan fingerprint density at radius 3 is 3.13 bits per heavy atom. The minimum atomic E-state index is -0.461. The third-order valence-electron chi connectivity index (χ3n) is 1.69. The van der Waals surface area contributed by atoms with E-state index in [0.29, 0.717) is 16.9 Å². The fraction of sp³-hybridized carbons (Fsp3) is 0.111. The van der Waals surface area contributed by atoms with Gasteiger partial charge in [-0.3, -0.25) is 4.79 Å². The number of aromatic nitrogens is 4. The van der Waals surface area contributed by atoms with Gasteiger partial charge in [0.15, 0.2) is 5.65 Å². The summed E-state index contributed by atoms with van der Waals surface area (Å²) in [6, 6.07) is 0. The first kappa shape index (κ1) is 9.15. The number of nitrogens with one attached hydrogen (secondary N) is 1. The monoisotopic (exact) mass is 201 g/mol. The largest absolute Gasteiger partial charge is 0.369 e. The third-order valence-corrected chi connectivity index (χ3v) is 1.69. The highest BCUT2D eigenvalue weighted by Gasteiger charge is 2.01. The molecule has 2 rings (SSSR count). The van der Waals surface area contributed by atoms with Crippen LogP contribution in [0.2, 0.25) is 0 Å². The number of nitrogens with zero attached hydrogens (tertiary/aromatic N) is 3. The highest BCUT2D eigenvalue weighted by atomic mass is 16.1. The van der Waals surface area contributed by atoms with Crippen molar-refractivity contribution in [3.05, 3.63) is 18.3 Å². The Morgan fingerprint density at radius 1 is 1.47 bits per heavy atom. The van der Waals surface area contributed by atoms with E-state index in [0.717, 1.165) is 0 Å². The number of rotatable bonds is 1. The zero-order valence-corrected chi connectivity index (χ0v) is 7.69. The lowest BCUT2D eigenvalue weighted by Crippen LogP contribution is -2.08. The molecule has 0 radical (unpaired) electrons. The molecule has 0 aliphatic heterocycles. The second-order valence-electron chi connectivity index (χ2n) is 2.77. The molecule has 0 aromatic carbocycles. The SMILES string of the molecule is NC(=O)CC#Cc1ncnc2nc[nH]c12. The zero-order chi connectivity index (χ0) is 10.7. The van der Waals surface area contributed by atoms with Gasteiger partial charge >= 0.3 is 0 Å². The van der Waals surface area contributed by atoms with Crippen LogP contribution in [0.1, 0.15) is 12.1 Å². The molecule has 1 amide bonds. The quantitative estimate of drug-likeness (QED) is 0.612. The Bertz CT molecular complexity index is 562. The minimum Gasteiger partial charge on any atom is -0.369 e. The Kier molecular flexibility index (Phi) is 2.29. The fourth-order valence-corrected chi connectivity index (χ4v) is 1.07. The molecule has 6 heteroatoms. The number of carbonyl (C=O) groups is 1. The zero-order valence-electron chi connectivity index (χ0n) is 7.69. The summed E-state index contributed by atoms with van der Waals surface area (Å²) in [5, 5.41) is 0. The Balaban J connectivity index is 2.37. The molecule has 0 spiro atoms. The third kappa shape index (κ3) is 1.91. The summed E-state index contributed by atoms with van der Waals surface area (Å²) < 4.78 is 0. The van der Waals surface area contributed by atoms with Crippen molar-refractivity contribution < 1.29 is 4.79 Å². The summed E-state index contributed by atoms with van der Waals surface area (Å²) in [5.74, 6) is 4.89. The van der Waals surface area contributed by atoms with Crippen molar-refractivity contribution in [1.29, 1.82) is 0 Å². The lowest BCUT2D eigenvalue weighted by Gasteiger charge is -1.90. The highest BCUT2D eigenvalue weighted by Crippen LogP contribution is 2.07. The number of hydrogen-bond donors (Lipinski definition) is 2. The number of primary amides is 1. The molecule has 0 saturated heterocycles. The van der Waals surface area contributed by atoms with Gasteiger partial charge in [0.25, 0.3) is 0 Å². The van der Waals surface area contributed by atoms with E-state index in [1.165, 1.54) is 12.7 Å². The van der Waals surface area contributed by atoms with Crippen molar-refractivity contribution in [1.82, 2.24) is 19.9 Å². The molecule has 0 bridgehead atoms. The van der Waals surface area contributed by atoms with Gasteiger partial charge in [-0.05, 0) is 5.92 Å². The van der Waals surface area contributed by atoms with Gasteiger partial charge in [0.2, 0.25) is 5.91 Å². The second kappa shape index (κ2) is 3.75. The number of carbonyl (C=O) groups excluding carboxylic acids is 1. The van der Waals surface area contributed by atoms with Gasteiger partial charge in [-0.25, -0.2) is 15.0 Å². The molecule has 0 aliphatic rings. The standard InChI is InChI=1S/C9H7N5O/c10-7(15)3-1-2-6-8-9(13-4-11-6)14-5-12-8/h4-5H,3H2,(H2,10,15)(H,11,12,13,14). The van der Waals surface area contributed by atoms with Crippen molar-refractivity contribution in [2.45, 2.75) is 6.42 Å². The maximum absolute atomic E-state index is 10.5. The molecule has 6 nitrogen and oxygen atoms in total. The first-order valence-electron chi connectivity index (χ1n) is 4.18. The first-order valence-corrected chi connectivity index (χ1v) is 4.18. The summed E-state index contributed by atoms with van der Waals surface area (Å²) in [5.41, 5.74) is 6.68. The molecule has 2 aromatic heterocycles. The van der Waals surface area contributed by atoms with Crippen LogP contribution < -0.4 is 5.73 Å². The number of amides is 1. The van der Waals surface area contributed by atoms with E-state index in [-0.39, 0.29) is 6.42 Å². The Labute approximate surface area is 84.9 Å². The predicted octanol–water partition coefficient (Wildman–Crippen LogP) is -0.420. The summed E-state index contributed by atoms with van der Waals surface area (Å²) in [6.45, 7) is 0. The lowest BCUT2D eigenvalue weighted by molar-refractivity contribution is -0.117. The smallest absolute Gasteiger partial charge is 0.229 e. The maximum Gasteiger partial charge on any atom is 0.229 e. The Hall–Kier alpha value is -2.42. The van der Waals surface area contributed by atoms with Crippen LogP contribution >= 0.6 is 0 Å². The van der Waals surface area contributed by atoms with Gasteiger partial charge in [0.1, 0.15) is 17.5 Å². The first-order chi connectivity index (χ1) is 7.27. The van der Waals surface area contributed by atoms with Crippen LogP contribution in [0.4, 0.5) is 0 Å². The fourth-order valence-electron chi connectivity index (χ4n) is 1.07. The average Bonchev–Trinajstić information content (AvgIpc) is 2.65. The molecule has 0 atom stereocenters. The molecule has 0 unspecified atom stereocenters. The van der Waals surface area contributed by atoms with E-state index in [1.54, 1.807) is 0 Å². The van der Waals surface area contributed by atoms with E-state index in [4.69, 9.17) is 5.73 Å². The molecule has 0 fully saturated rings. The molecule has 0 saturated carbocycles. The van der Waals surface area contributed by atoms with Gasteiger partial charge in [-0.2, -0.15) is 0 Å². The number of H-pyrrole nitrogens is 1. The Morgan fingerprint density at radius 2 is 2.33 bits per heavy atom. The van der Waals surface area contributed by atoms with Gasteiger partial charge in [-0.15, -0.1) is 0 Å². The van der Waals surface area contributed by atoms with E-state index >= 15 is 0 Å². The van der Waals surface area contributed by atoms with Gasteiger partial charge in [0.05, 0.1) is 12.7 Å². The number of nitrogens with two attached hydrogens (primary N) is 1. The van der Waals surface area contributed by atoms with Crippen LogP contribution in [0.15, 0.2) is 12.7 Å². The normalized spacial score (nSPS) is 9.60. The lowest BCUT2D eigenvalue weighted by atomic mass is 10.3. The topological polar surface area (TPSA) is 97.6 Å².